The zero-order chi connectivity index (χ0) is 17.8. The number of hydrogen-bond donors (Lipinski definition) is 1. The molecule has 6 heteroatoms. The highest BCUT2D eigenvalue weighted by Gasteiger charge is 2.06. The van der Waals surface area contributed by atoms with Gasteiger partial charge in [-0.3, -0.25) is 9.69 Å². The van der Waals surface area contributed by atoms with Crippen molar-refractivity contribution >= 4 is 23.6 Å². The van der Waals surface area contributed by atoms with E-state index in [-0.39, 0.29) is 11.9 Å². The molecule has 24 heavy (non-hydrogen) atoms. The van der Waals surface area contributed by atoms with Crippen LogP contribution in [0.1, 0.15) is 18.9 Å². The molecule has 0 aliphatic heterocycles. The first-order valence-corrected chi connectivity index (χ1v) is 7.97. The molecule has 0 radical (unpaired) electrons. The van der Waals surface area contributed by atoms with Crippen molar-refractivity contribution in [3.05, 3.63) is 35.9 Å². The molecule has 0 saturated heterocycles. The van der Waals surface area contributed by atoms with Gasteiger partial charge in [-0.05, 0) is 44.2 Å². The number of nitrogens with one attached hydrogen (secondary N) is 1. The fourth-order valence-electron chi connectivity index (χ4n) is 2.04. The molecule has 1 N–H and O–H groups in total. The van der Waals surface area contributed by atoms with Gasteiger partial charge in [0.2, 0.25) is 5.91 Å². The highest BCUT2D eigenvalue weighted by molar-refractivity contribution is 5.92. The number of benzene rings is 1. The molecule has 1 aromatic carbocycles. The summed E-state index contributed by atoms with van der Waals surface area (Å²) in [5.74, 6) is -0.434. The molecule has 0 aliphatic rings. The van der Waals surface area contributed by atoms with Gasteiger partial charge in [0, 0.05) is 32.0 Å². The molecular formula is C18H26N2O4. The number of likely N-dealkylation sites (N-methyl/N-ethyl adjacent to an activating group) is 1. The summed E-state index contributed by atoms with van der Waals surface area (Å²) in [7, 11) is 3.57. The lowest BCUT2D eigenvalue weighted by Gasteiger charge is -2.15. The first-order valence-electron chi connectivity index (χ1n) is 7.97. The van der Waals surface area contributed by atoms with E-state index in [1.165, 1.54) is 6.08 Å². The van der Waals surface area contributed by atoms with Gasteiger partial charge in [-0.1, -0.05) is 12.1 Å². The average molecular weight is 334 g/mol. The number of methoxy groups -OCH3 is 1. The van der Waals surface area contributed by atoms with E-state index in [0.717, 1.165) is 24.2 Å². The third-order valence-corrected chi connectivity index (χ3v) is 3.19. The summed E-state index contributed by atoms with van der Waals surface area (Å²) in [4.78, 5) is 25.2. The minimum absolute atomic E-state index is 0.0651. The van der Waals surface area contributed by atoms with Crippen LogP contribution in [0, 0.1) is 0 Å². The number of carbonyl (C=O) groups is 2. The van der Waals surface area contributed by atoms with E-state index in [1.54, 1.807) is 32.2 Å². The average Bonchev–Trinajstić information content (AvgIpc) is 2.54. The largest absolute Gasteiger partial charge is 0.463 e. The molecule has 0 atom stereocenters. The molecule has 0 aromatic heterocycles. The van der Waals surface area contributed by atoms with Crippen LogP contribution >= 0.6 is 0 Å². The monoisotopic (exact) mass is 334 g/mol. The van der Waals surface area contributed by atoms with Crippen LogP contribution in [0.3, 0.4) is 0 Å². The Morgan fingerprint density at radius 2 is 1.96 bits per heavy atom. The lowest BCUT2D eigenvalue weighted by molar-refractivity contribution is -0.137. The number of ether oxygens (including phenoxy) is 2. The lowest BCUT2D eigenvalue weighted by atomic mass is 10.2. The standard InChI is InChI=1S/C18H26N2O4/c1-4-24-18(22)11-8-15-6-9-16(10-7-15)19-17(21)14-20(2)12-5-13-23-3/h6-11H,4-5,12-14H2,1-3H3,(H,19,21)/b11-8+. The summed E-state index contributed by atoms with van der Waals surface area (Å²) in [5, 5.41) is 2.85. The second kappa shape index (κ2) is 11.4. The molecule has 1 aromatic rings. The first-order chi connectivity index (χ1) is 11.5. The number of carbonyl (C=O) groups excluding carboxylic acids is 2. The third kappa shape index (κ3) is 8.45. The van der Waals surface area contributed by atoms with Crippen LogP contribution in [0.4, 0.5) is 5.69 Å². The zero-order valence-electron chi connectivity index (χ0n) is 14.6. The summed E-state index contributed by atoms with van der Waals surface area (Å²) in [6.45, 7) is 3.94. The van der Waals surface area contributed by atoms with Crippen molar-refractivity contribution in [3.8, 4) is 0 Å². The van der Waals surface area contributed by atoms with Gasteiger partial charge >= 0.3 is 5.97 Å². The molecule has 0 unspecified atom stereocenters. The van der Waals surface area contributed by atoms with Gasteiger partial charge in [-0.25, -0.2) is 4.79 Å². The minimum atomic E-state index is -0.369. The Kier molecular flexibility index (Phi) is 9.41. The Morgan fingerprint density at radius 3 is 2.58 bits per heavy atom. The van der Waals surface area contributed by atoms with E-state index in [0.29, 0.717) is 19.8 Å². The summed E-state index contributed by atoms with van der Waals surface area (Å²) in [6, 6.07) is 7.25. The number of anilines is 1. The van der Waals surface area contributed by atoms with Gasteiger partial charge in [0.25, 0.3) is 0 Å². The summed E-state index contributed by atoms with van der Waals surface area (Å²) in [5.41, 5.74) is 1.58. The summed E-state index contributed by atoms with van der Waals surface area (Å²) < 4.78 is 9.81. The molecule has 0 saturated carbocycles. The molecular weight excluding hydrogens is 308 g/mol. The van der Waals surface area contributed by atoms with E-state index in [1.807, 2.05) is 24.1 Å². The van der Waals surface area contributed by atoms with Crippen molar-refractivity contribution in [3.63, 3.8) is 0 Å². The maximum Gasteiger partial charge on any atom is 0.330 e. The van der Waals surface area contributed by atoms with E-state index in [9.17, 15) is 9.59 Å². The van der Waals surface area contributed by atoms with Crippen LogP contribution in [-0.4, -0.2) is 57.2 Å². The second-order valence-corrected chi connectivity index (χ2v) is 5.34. The van der Waals surface area contributed by atoms with E-state index in [2.05, 4.69) is 5.32 Å². The Bertz CT molecular complexity index is 540. The number of esters is 1. The van der Waals surface area contributed by atoms with Crippen molar-refractivity contribution in [2.45, 2.75) is 13.3 Å². The van der Waals surface area contributed by atoms with E-state index in [4.69, 9.17) is 9.47 Å². The molecule has 0 aliphatic carbocycles. The SMILES string of the molecule is CCOC(=O)/C=C/c1ccc(NC(=O)CN(C)CCCOC)cc1. The second-order valence-electron chi connectivity index (χ2n) is 5.34. The molecule has 0 heterocycles. The number of amides is 1. The van der Waals surface area contributed by atoms with Crippen LogP contribution in [-0.2, 0) is 19.1 Å². The normalized spacial score (nSPS) is 11.0. The molecule has 1 rings (SSSR count). The van der Waals surface area contributed by atoms with Gasteiger partial charge in [0.15, 0.2) is 0 Å². The van der Waals surface area contributed by atoms with Crippen molar-refractivity contribution < 1.29 is 19.1 Å². The fraction of sp³-hybridized carbons (Fsp3) is 0.444. The van der Waals surface area contributed by atoms with Crippen LogP contribution in [0.25, 0.3) is 6.08 Å². The van der Waals surface area contributed by atoms with Gasteiger partial charge in [0.05, 0.1) is 13.2 Å². The molecule has 0 bridgehead atoms. The maximum absolute atomic E-state index is 12.0. The Hall–Kier alpha value is -2.18. The first kappa shape index (κ1) is 19.9. The van der Waals surface area contributed by atoms with Crippen molar-refractivity contribution in [2.24, 2.45) is 0 Å². The van der Waals surface area contributed by atoms with Gasteiger partial charge in [-0.2, -0.15) is 0 Å². The quantitative estimate of drug-likeness (QED) is 0.403. The summed E-state index contributed by atoms with van der Waals surface area (Å²) in [6.07, 6.45) is 3.95. The Morgan fingerprint density at radius 1 is 1.25 bits per heavy atom. The highest BCUT2D eigenvalue weighted by Crippen LogP contribution is 2.11. The molecule has 6 nitrogen and oxygen atoms in total. The number of nitrogens with zero attached hydrogens (tertiary/aromatic N) is 1. The predicted molar refractivity (Wildman–Crippen MR) is 94.7 cm³/mol. The molecule has 1 amide bonds. The number of rotatable bonds is 10. The van der Waals surface area contributed by atoms with Gasteiger partial charge in [0.1, 0.15) is 0 Å². The van der Waals surface area contributed by atoms with Crippen LogP contribution in [0.15, 0.2) is 30.3 Å². The Labute approximate surface area is 143 Å². The molecule has 0 spiro atoms. The minimum Gasteiger partial charge on any atom is -0.463 e. The maximum atomic E-state index is 12.0. The van der Waals surface area contributed by atoms with Gasteiger partial charge in [-0.15, -0.1) is 0 Å². The zero-order valence-corrected chi connectivity index (χ0v) is 14.6. The van der Waals surface area contributed by atoms with Crippen molar-refractivity contribution in [2.75, 3.05) is 45.8 Å². The van der Waals surface area contributed by atoms with Crippen molar-refractivity contribution in [1.29, 1.82) is 0 Å². The topological polar surface area (TPSA) is 67.9 Å². The smallest absolute Gasteiger partial charge is 0.330 e. The Balaban J connectivity index is 2.43. The van der Waals surface area contributed by atoms with Crippen LogP contribution in [0.2, 0.25) is 0 Å². The van der Waals surface area contributed by atoms with E-state index >= 15 is 0 Å². The molecule has 132 valence electrons. The van der Waals surface area contributed by atoms with E-state index < -0.39 is 0 Å². The highest BCUT2D eigenvalue weighted by atomic mass is 16.5. The van der Waals surface area contributed by atoms with Gasteiger partial charge < -0.3 is 14.8 Å². The van der Waals surface area contributed by atoms with Crippen LogP contribution in [0.5, 0.6) is 0 Å². The summed E-state index contributed by atoms with van der Waals surface area (Å²) >= 11 is 0. The molecule has 0 fully saturated rings. The van der Waals surface area contributed by atoms with Crippen molar-refractivity contribution in [1.82, 2.24) is 4.90 Å². The number of hydrogen-bond acceptors (Lipinski definition) is 5. The third-order valence-electron chi connectivity index (χ3n) is 3.19. The van der Waals surface area contributed by atoms with Crippen LogP contribution < -0.4 is 5.32 Å². The lowest BCUT2D eigenvalue weighted by Crippen LogP contribution is -2.31. The fourth-order valence-corrected chi connectivity index (χ4v) is 2.04. The predicted octanol–water partition coefficient (Wildman–Crippen LogP) is 2.17.